The van der Waals surface area contributed by atoms with Crippen LogP contribution >= 0.6 is 0 Å². The molecule has 0 radical (unpaired) electrons. The first kappa shape index (κ1) is 12.9. The zero-order chi connectivity index (χ0) is 13.0. The van der Waals surface area contributed by atoms with Gasteiger partial charge in [0.05, 0.1) is 0 Å². The molecule has 1 aliphatic heterocycles. The summed E-state index contributed by atoms with van der Waals surface area (Å²) in [7, 11) is 0. The summed E-state index contributed by atoms with van der Waals surface area (Å²) < 4.78 is 5.37. The maximum absolute atomic E-state index is 12.1. The Bertz CT molecular complexity index is 384. The van der Waals surface area contributed by atoms with Crippen molar-refractivity contribution in [1.29, 1.82) is 0 Å². The van der Waals surface area contributed by atoms with Crippen LogP contribution in [0.3, 0.4) is 0 Å². The summed E-state index contributed by atoms with van der Waals surface area (Å²) >= 11 is 0. The predicted molar refractivity (Wildman–Crippen MR) is 70.3 cm³/mol. The van der Waals surface area contributed by atoms with Crippen LogP contribution in [0.2, 0.25) is 0 Å². The van der Waals surface area contributed by atoms with E-state index in [4.69, 9.17) is 4.74 Å². The van der Waals surface area contributed by atoms with Crippen molar-refractivity contribution in [2.75, 3.05) is 13.1 Å². The molecule has 4 nitrogen and oxygen atoms in total. The lowest BCUT2D eigenvalue weighted by Crippen LogP contribution is -2.57. The fourth-order valence-electron chi connectivity index (χ4n) is 2.29. The molecule has 1 aromatic rings. The number of nitrogens with one attached hydrogen (secondary N) is 1. The monoisotopic (exact) mass is 248 g/mol. The Kier molecular flexibility index (Phi) is 4.20. The van der Waals surface area contributed by atoms with Gasteiger partial charge in [0.1, 0.15) is 6.61 Å². The van der Waals surface area contributed by atoms with Gasteiger partial charge in [-0.2, -0.15) is 0 Å². The van der Waals surface area contributed by atoms with Crippen LogP contribution in [0, 0.1) is 0 Å². The second-order valence-electron chi connectivity index (χ2n) is 4.80. The standard InChI is InChI=1S/C14H20N2O2/c1-11-8-15-9-12(2)16(11)14(17)18-10-13-6-4-3-5-7-13/h3-7,11-12,15H,8-10H2,1-2H3. The molecule has 1 aliphatic rings. The maximum Gasteiger partial charge on any atom is 0.410 e. The summed E-state index contributed by atoms with van der Waals surface area (Å²) in [5, 5.41) is 3.29. The SMILES string of the molecule is CC1CNCC(C)N1C(=O)OCc1ccccc1. The summed E-state index contributed by atoms with van der Waals surface area (Å²) in [5.41, 5.74) is 1.02. The molecule has 1 saturated heterocycles. The van der Waals surface area contributed by atoms with E-state index in [1.807, 2.05) is 49.1 Å². The lowest BCUT2D eigenvalue weighted by Gasteiger charge is -2.38. The normalized spacial score (nSPS) is 23.8. The van der Waals surface area contributed by atoms with Gasteiger partial charge in [-0.25, -0.2) is 4.79 Å². The Morgan fingerprint density at radius 1 is 1.28 bits per heavy atom. The molecule has 0 saturated carbocycles. The van der Waals surface area contributed by atoms with Crippen molar-refractivity contribution in [3.05, 3.63) is 35.9 Å². The Balaban J connectivity index is 1.91. The Hall–Kier alpha value is -1.55. The van der Waals surface area contributed by atoms with Gasteiger partial charge in [0, 0.05) is 25.2 Å². The largest absolute Gasteiger partial charge is 0.445 e. The van der Waals surface area contributed by atoms with Crippen molar-refractivity contribution in [3.63, 3.8) is 0 Å². The molecule has 2 unspecified atom stereocenters. The van der Waals surface area contributed by atoms with Crippen molar-refractivity contribution < 1.29 is 9.53 Å². The third-order valence-electron chi connectivity index (χ3n) is 3.25. The van der Waals surface area contributed by atoms with Crippen molar-refractivity contribution in [1.82, 2.24) is 10.2 Å². The molecule has 0 bridgehead atoms. The molecular formula is C14H20N2O2. The number of hydrogen-bond donors (Lipinski definition) is 1. The molecule has 1 amide bonds. The minimum Gasteiger partial charge on any atom is -0.445 e. The molecule has 0 spiro atoms. The highest BCUT2D eigenvalue weighted by Gasteiger charge is 2.29. The molecule has 1 N–H and O–H groups in total. The zero-order valence-corrected chi connectivity index (χ0v) is 10.9. The molecule has 1 aromatic carbocycles. The molecule has 0 aliphatic carbocycles. The molecule has 2 atom stereocenters. The fraction of sp³-hybridized carbons (Fsp3) is 0.500. The van der Waals surface area contributed by atoms with Crippen LogP contribution in [0.1, 0.15) is 19.4 Å². The molecule has 2 rings (SSSR count). The summed E-state index contributed by atoms with van der Waals surface area (Å²) in [6.07, 6.45) is -0.222. The Morgan fingerprint density at radius 2 is 1.89 bits per heavy atom. The minimum absolute atomic E-state index is 0.178. The van der Waals surface area contributed by atoms with E-state index < -0.39 is 0 Å². The third-order valence-corrected chi connectivity index (χ3v) is 3.25. The van der Waals surface area contributed by atoms with Crippen molar-refractivity contribution in [2.45, 2.75) is 32.5 Å². The molecule has 4 heteroatoms. The second kappa shape index (κ2) is 5.87. The van der Waals surface area contributed by atoms with Crippen LogP contribution in [0.4, 0.5) is 4.79 Å². The van der Waals surface area contributed by atoms with Gasteiger partial charge in [0.25, 0.3) is 0 Å². The number of carbonyl (C=O) groups is 1. The first-order valence-electron chi connectivity index (χ1n) is 6.38. The van der Waals surface area contributed by atoms with Crippen LogP contribution in [-0.2, 0) is 11.3 Å². The topological polar surface area (TPSA) is 41.6 Å². The van der Waals surface area contributed by atoms with Gasteiger partial charge in [0.15, 0.2) is 0 Å². The van der Waals surface area contributed by atoms with E-state index in [9.17, 15) is 4.79 Å². The smallest absolute Gasteiger partial charge is 0.410 e. The highest BCUT2D eigenvalue weighted by atomic mass is 16.6. The third kappa shape index (κ3) is 3.01. The van der Waals surface area contributed by atoms with Gasteiger partial charge in [-0.05, 0) is 19.4 Å². The highest BCUT2D eigenvalue weighted by molar-refractivity contribution is 5.68. The number of benzene rings is 1. The number of rotatable bonds is 2. The van der Waals surface area contributed by atoms with Gasteiger partial charge < -0.3 is 15.0 Å². The summed E-state index contributed by atoms with van der Waals surface area (Å²) in [5.74, 6) is 0. The van der Waals surface area contributed by atoms with Crippen molar-refractivity contribution in [3.8, 4) is 0 Å². The van der Waals surface area contributed by atoms with E-state index in [0.717, 1.165) is 18.7 Å². The van der Waals surface area contributed by atoms with Gasteiger partial charge in [-0.15, -0.1) is 0 Å². The average molecular weight is 248 g/mol. The van der Waals surface area contributed by atoms with Crippen LogP contribution in [-0.4, -0.2) is 36.2 Å². The molecule has 98 valence electrons. The maximum atomic E-state index is 12.1. The molecular weight excluding hydrogens is 228 g/mol. The van der Waals surface area contributed by atoms with Crippen molar-refractivity contribution in [2.24, 2.45) is 0 Å². The minimum atomic E-state index is -0.222. The number of piperazine rings is 1. The van der Waals surface area contributed by atoms with Crippen LogP contribution in [0.25, 0.3) is 0 Å². The van der Waals surface area contributed by atoms with E-state index in [1.54, 1.807) is 0 Å². The van der Waals surface area contributed by atoms with Crippen LogP contribution in [0.15, 0.2) is 30.3 Å². The first-order chi connectivity index (χ1) is 8.68. The highest BCUT2D eigenvalue weighted by Crippen LogP contribution is 2.12. The molecule has 18 heavy (non-hydrogen) atoms. The number of amides is 1. The number of nitrogens with zero attached hydrogens (tertiary/aromatic N) is 1. The van der Waals surface area contributed by atoms with Gasteiger partial charge in [-0.1, -0.05) is 30.3 Å². The predicted octanol–water partition coefficient (Wildman–Crippen LogP) is 2.01. The second-order valence-corrected chi connectivity index (χ2v) is 4.80. The molecule has 1 heterocycles. The van der Waals surface area contributed by atoms with E-state index in [1.165, 1.54) is 0 Å². The van der Waals surface area contributed by atoms with E-state index >= 15 is 0 Å². The number of hydrogen-bond acceptors (Lipinski definition) is 3. The number of carbonyl (C=O) groups excluding carboxylic acids is 1. The van der Waals surface area contributed by atoms with Crippen molar-refractivity contribution >= 4 is 6.09 Å². The summed E-state index contributed by atoms with van der Waals surface area (Å²) in [6.45, 7) is 6.05. The Morgan fingerprint density at radius 3 is 2.50 bits per heavy atom. The summed E-state index contributed by atoms with van der Waals surface area (Å²) in [4.78, 5) is 13.9. The van der Waals surface area contributed by atoms with Gasteiger partial charge in [-0.3, -0.25) is 0 Å². The van der Waals surface area contributed by atoms with Gasteiger partial charge in [0.2, 0.25) is 0 Å². The van der Waals surface area contributed by atoms with Gasteiger partial charge >= 0.3 is 6.09 Å². The molecule has 1 fully saturated rings. The lowest BCUT2D eigenvalue weighted by atomic mass is 10.1. The zero-order valence-electron chi connectivity index (χ0n) is 10.9. The lowest BCUT2D eigenvalue weighted by molar-refractivity contribution is 0.0564. The van der Waals surface area contributed by atoms with Crippen LogP contribution < -0.4 is 5.32 Å². The fourth-order valence-corrected chi connectivity index (χ4v) is 2.29. The van der Waals surface area contributed by atoms with E-state index in [-0.39, 0.29) is 18.2 Å². The van der Waals surface area contributed by atoms with Crippen LogP contribution in [0.5, 0.6) is 0 Å². The Labute approximate surface area is 108 Å². The average Bonchev–Trinajstić information content (AvgIpc) is 2.37. The van der Waals surface area contributed by atoms with E-state index in [2.05, 4.69) is 5.32 Å². The first-order valence-corrected chi connectivity index (χ1v) is 6.38. The quantitative estimate of drug-likeness (QED) is 0.870. The number of ether oxygens (including phenoxy) is 1. The van der Waals surface area contributed by atoms with E-state index in [0.29, 0.717) is 6.61 Å². The summed E-state index contributed by atoms with van der Waals surface area (Å²) in [6, 6.07) is 10.1. The molecule has 0 aromatic heterocycles.